The summed E-state index contributed by atoms with van der Waals surface area (Å²) in [6.45, 7) is 2.10. The van der Waals surface area contributed by atoms with Crippen LogP contribution in [0.4, 0.5) is 0 Å². The van der Waals surface area contributed by atoms with Crippen LogP contribution in [0.15, 0.2) is 35.2 Å². The molecule has 1 aromatic heterocycles. The molecule has 0 aliphatic heterocycles. The minimum Gasteiger partial charge on any atom is -0.481 e. The van der Waals surface area contributed by atoms with Gasteiger partial charge in [-0.2, -0.15) is 5.10 Å². The van der Waals surface area contributed by atoms with Crippen LogP contribution in [0.5, 0.6) is 0 Å². The molecule has 0 unspecified atom stereocenters. The Morgan fingerprint density at radius 1 is 1.35 bits per heavy atom. The molecule has 0 fully saturated rings. The van der Waals surface area contributed by atoms with E-state index in [1.807, 2.05) is 36.0 Å². The molecular formula is C15H18N2O2S. The number of benzene rings is 1. The van der Waals surface area contributed by atoms with Gasteiger partial charge >= 0.3 is 5.97 Å². The molecule has 20 heavy (non-hydrogen) atoms. The fraction of sp³-hybridized carbons (Fsp3) is 0.333. The minimum absolute atomic E-state index is 0.0759. The van der Waals surface area contributed by atoms with E-state index in [2.05, 4.69) is 18.1 Å². The lowest BCUT2D eigenvalue weighted by atomic mass is 10.2. The van der Waals surface area contributed by atoms with Crippen LogP contribution in [0.3, 0.4) is 0 Å². The molecule has 2 aromatic rings. The molecule has 0 saturated carbocycles. The van der Waals surface area contributed by atoms with Crippen LogP contribution < -0.4 is 0 Å². The fourth-order valence-corrected chi connectivity index (χ4v) is 2.83. The SMILES string of the molecule is CCc1cc(CSc2ccc(CC(=O)O)cc2)n(C)n1. The molecule has 0 aliphatic rings. The summed E-state index contributed by atoms with van der Waals surface area (Å²) >= 11 is 1.73. The highest BCUT2D eigenvalue weighted by Crippen LogP contribution is 2.23. The van der Waals surface area contributed by atoms with Gasteiger partial charge in [0.15, 0.2) is 0 Å². The van der Waals surface area contributed by atoms with Crippen molar-refractivity contribution in [2.45, 2.75) is 30.4 Å². The maximum Gasteiger partial charge on any atom is 0.307 e. The molecule has 0 saturated heterocycles. The van der Waals surface area contributed by atoms with Gasteiger partial charge in [-0.25, -0.2) is 0 Å². The molecule has 0 atom stereocenters. The van der Waals surface area contributed by atoms with Crippen molar-refractivity contribution in [2.24, 2.45) is 7.05 Å². The first-order chi connectivity index (χ1) is 9.58. The van der Waals surface area contributed by atoms with Gasteiger partial charge in [0.1, 0.15) is 0 Å². The molecule has 1 aromatic carbocycles. The van der Waals surface area contributed by atoms with E-state index in [9.17, 15) is 4.79 Å². The monoisotopic (exact) mass is 290 g/mol. The number of carboxylic acid groups (broad SMARTS) is 1. The molecule has 0 bridgehead atoms. The third kappa shape index (κ3) is 3.87. The van der Waals surface area contributed by atoms with E-state index in [0.29, 0.717) is 0 Å². The summed E-state index contributed by atoms with van der Waals surface area (Å²) < 4.78 is 1.92. The summed E-state index contributed by atoms with van der Waals surface area (Å²) in [7, 11) is 1.96. The van der Waals surface area contributed by atoms with Gasteiger partial charge in [0, 0.05) is 23.4 Å². The van der Waals surface area contributed by atoms with Crippen molar-refractivity contribution in [3.05, 3.63) is 47.3 Å². The smallest absolute Gasteiger partial charge is 0.307 e. The Bertz CT molecular complexity index is 590. The summed E-state index contributed by atoms with van der Waals surface area (Å²) in [5, 5.41) is 13.2. The van der Waals surface area contributed by atoms with Gasteiger partial charge in [-0.1, -0.05) is 19.1 Å². The predicted molar refractivity (Wildman–Crippen MR) is 79.9 cm³/mol. The average Bonchev–Trinajstić information content (AvgIpc) is 2.78. The van der Waals surface area contributed by atoms with Gasteiger partial charge < -0.3 is 5.11 Å². The zero-order valence-electron chi connectivity index (χ0n) is 11.7. The first kappa shape index (κ1) is 14.7. The molecule has 1 heterocycles. The summed E-state index contributed by atoms with van der Waals surface area (Å²) in [5.41, 5.74) is 3.14. The zero-order chi connectivity index (χ0) is 14.5. The van der Waals surface area contributed by atoms with Crippen LogP contribution in [0, 0.1) is 0 Å². The Hall–Kier alpha value is -1.75. The summed E-state index contributed by atoms with van der Waals surface area (Å²) in [6.07, 6.45) is 1.02. The Kier molecular flexibility index (Phi) is 4.84. The molecule has 4 nitrogen and oxygen atoms in total. The number of carboxylic acids is 1. The number of thioether (sulfide) groups is 1. The summed E-state index contributed by atoms with van der Waals surface area (Å²) in [6, 6.07) is 9.82. The Balaban J connectivity index is 1.96. The maximum atomic E-state index is 10.6. The quantitative estimate of drug-likeness (QED) is 0.831. The number of aliphatic carboxylic acids is 1. The van der Waals surface area contributed by atoms with Crippen molar-refractivity contribution >= 4 is 17.7 Å². The fourth-order valence-electron chi connectivity index (χ4n) is 1.91. The highest BCUT2D eigenvalue weighted by molar-refractivity contribution is 7.98. The summed E-state index contributed by atoms with van der Waals surface area (Å²) in [5.74, 6) is 0.0642. The third-order valence-corrected chi connectivity index (χ3v) is 4.10. The van der Waals surface area contributed by atoms with Crippen LogP contribution in [-0.4, -0.2) is 20.9 Å². The van der Waals surface area contributed by atoms with Crippen molar-refractivity contribution in [1.29, 1.82) is 0 Å². The van der Waals surface area contributed by atoms with Crippen LogP contribution in [0.25, 0.3) is 0 Å². The largest absolute Gasteiger partial charge is 0.481 e. The third-order valence-electron chi connectivity index (χ3n) is 3.05. The minimum atomic E-state index is -0.799. The normalized spacial score (nSPS) is 10.7. The van der Waals surface area contributed by atoms with Crippen LogP contribution in [0.2, 0.25) is 0 Å². The highest BCUT2D eigenvalue weighted by Gasteiger charge is 2.05. The Morgan fingerprint density at radius 2 is 2.05 bits per heavy atom. The molecule has 106 valence electrons. The van der Waals surface area contributed by atoms with E-state index in [1.165, 1.54) is 5.69 Å². The lowest BCUT2D eigenvalue weighted by Crippen LogP contribution is -1.99. The molecule has 2 rings (SSSR count). The van der Waals surface area contributed by atoms with Crippen molar-refractivity contribution in [3.8, 4) is 0 Å². The molecule has 0 amide bonds. The second kappa shape index (κ2) is 6.61. The average molecular weight is 290 g/mol. The van der Waals surface area contributed by atoms with E-state index in [1.54, 1.807) is 11.8 Å². The van der Waals surface area contributed by atoms with Crippen LogP contribution >= 0.6 is 11.8 Å². The number of hydrogen-bond donors (Lipinski definition) is 1. The molecule has 1 N–H and O–H groups in total. The van der Waals surface area contributed by atoms with E-state index in [0.717, 1.165) is 28.3 Å². The first-order valence-electron chi connectivity index (χ1n) is 6.53. The van der Waals surface area contributed by atoms with E-state index < -0.39 is 5.97 Å². The predicted octanol–water partition coefficient (Wildman–Crippen LogP) is 2.90. The molecular weight excluding hydrogens is 272 g/mol. The van der Waals surface area contributed by atoms with Gasteiger partial charge in [-0.3, -0.25) is 9.48 Å². The molecule has 5 heteroatoms. The lowest BCUT2D eigenvalue weighted by Gasteiger charge is -2.03. The van der Waals surface area contributed by atoms with E-state index in [4.69, 9.17) is 5.11 Å². The molecule has 0 spiro atoms. The van der Waals surface area contributed by atoms with Gasteiger partial charge in [-0.15, -0.1) is 11.8 Å². The first-order valence-corrected chi connectivity index (χ1v) is 7.52. The second-order valence-corrected chi connectivity index (χ2v) is 5.66. The van der Waals surface area contributed by atoms with Crippen LogP contribution in [-0.2, 0) is 30.4 Å². The van der Waals surface area contributed by atoms with E-state index >= 15 is 0 Å². The van der Waals surface area contributed by atoms with Gasteiger partial charge in [0.05, 0.1) is 12.1 Å². The molecule has 0 radical (unpaired) electrons. The lowest BCUT2D eigenvalue weighted by molar-refractivity contribution is -0.136. The topological polar surface area (TPSA) is 55.1 Å². The zero-order valence-corrected chi connectivity index (χ0v) is 12.5. The van der Waals surface area contributed by atoms with E-state index in [-0.39, 0.29) is 6.42 Å². The van der Waals surface area contributed by atoms with Crippen molar-refractivity contribution in [3.63, 3.8) is 0 Å². The van der Waals surface area contributed by atoms with Gasteiger partial charge in [0.25, 0.3) is 0 Å². The number of carbonyl (C=O) groups is 1. The Morgan fingerprint density at radius 3 is 2.60 bits per heavy atom. The number of aromatic nitrogens is 2. The number of aryl methyl sites for hydroxylation is 2. The van der Waals surface area contributed by atoms with Gasteiger partial charge in [0.2, 0.25) is 0 Å². The Labute approximate surface area is 122 Å². The summed E-state index contributed by atoms with van der Waals surface area (Å²) in [4.78, 5) is 11.8. The highest BCUT2D eigenvalue weighted by atomic mass is 32.2. The standard InChI is InChI=1S/C15H18N2O2S/c1-3-12-9-13(17(2)16-12)10-20-14-6-4-11(5-7-14)8-15(18)19/h4-7,9H,3,8,10H2,1-2H3,(H,18,19). The van der Waals surface area contributed by atoms with Crippen molar-refractivity contribution in [1.82, 2.24) is 9.78 Å². The number of rotatable bonds is 6. The molecule has 0 aliphatic carbocycles. The number of hydrogen-bond acceptors (Lipinski definition) is 3. The van der Waals surface area contributed by atoms with Gasteiger partial charge in [-0.05, 0) is 30.2 Å². The van der Waals surface area contributed by atoms with Crippen molar-refractivity contribution < 1.29 is 9.90 Å². The maximum absolute atomic E-state index is 10.6. The number of nitrogens with zero attached hydrogens (tertiary/aromatic N) is 2. The van der Waals surface area contributed by atoms with Crippen molar-refractivity contribution in [2.75, 3.05) is 0 Å². The van der Waals surface area contributed by atoms with Crippen LogP contribution in [0.1, 0.15) is 23.9 Å². The second-order valence-electron chi connectivity index (χ2n) is 4.61.